The van der Waals surface area contributed by atoms with Gasteiger partial charge in [0.2, 0.25) is 0 Å². The molecule has 32 heavy (non-hydrogen) atoms. The van der Waals surface area contributed by atoms with Gasteiger partial charge in [0, 0.05) is 55.1 Å². The zero-order valence-electron chi connectivity index (χ0n) is 19.5. The Bertz CT molecular complexity index is 1100. The Morgan fingerprint density at radius 2 is 1.50 bits per heavy atom. The van der Waals surface area contributed by atoms with Gasteiger partial charge in [-0.25, -0.2) is 0 Å². The Kier molecular flexibility index (Phi) is 5.24. The Morgan fingerprint density at radius 3 is 2.16 bits per heavy atom. The van der Waals surface area contributed by atoms with Gasteiger partial charge in [0.25, 0.3) is 0 Å². The zero-order valence-corrected chi connectivity index (χ0v) is 19.5. The minimum atomic E-state index is -0.140. The number of anilines is 2. The van der Waals surface area contributed by atoms with E-state index in [1.807, 2.05) is 12.1 Å². The molecule has 0 aromatic heterocycles. The predicted molar refractivity (Wildman–Crippen MR) is 132 cm³/mol. The summed E-state index contributed by atoms with van der Waals surface area (Å²) in [5.41, 5.74) is 7.55. The number of aryl methyl sites for hydroxylation is 1. The molecule has 5 rings (SSSR count). The third-order valence-electron chi connectivity index (χ3n) is 6.60. The van der Waals surface area contributed by atoms with Crippen molar-refractivity contribution in [3.8, 4) is 22.6 Å². The Hall–Kier alpha value is -3.14. The molecule has 0 N–H and O–H groups in total. The van der Waals surface area contributed by atoms with Crippen LogP contribution >= 0.6 is 0 Å². The average molecular weight is 429 g/mol. The van der Waals surface area contributed by atoms with E-state index in [4.69, 9.17) is 9.47 Å². The molecule has 0 unspecified atom stereocenters. The monoisotopic (exact) mass is 428 g/mol. The second-order valence-corrected chi connectivity index (χ2v) is 9.55. The number of ether oxygens (including phenoxy) is 2. The maximum Gasteiger partial charge on any atom is 0.124 e. The largest absolute Gasteiger partial charge is 0.497 e. The lowest BCUT2D eigenvalue weighted by atomic mass is 9.96. The van der Waals surface area contributed by atoms with Gasteiger partial charge in [-0.05, 0) is 62.7 Å². The van der Waals surface area contributed by atoms with E-state index in [0.717, 1.165) is 44.1 Å². The summed E-state index contributed by atoms with van der Waals surface area (Å²) in [5.74, 6) is 1.93. The lowest BCUT2D eigenvalue weighted by Gasteiger charge is -2.38. The van der Waals surface area contributed by atoms with E-state index in [1.165, 1.54) is 33.6 Å². The molecular formula is C28H32N2O2. The fourth-order valence-electron chi connectivity index (χ4n) is 4.86. The van der Waals surface area contributed by atoms with Crippen LogP contribution in [-0.2, 0) is 6.42 Å². The molecule has 4 nitrogen and oxygen atoms in total. The lowest BCUT2D eigenvalue weighted by molar-refractivity contribution is 0.138. The van der Waals surface area contributed by atoms with Gasteiger partial charge in [-0.3, -0.25) is 0 Å². The smallest absolute Gasteiger partial charge is 0.124 e. The number of nitrogens with zero attached hydrogens (tertiary/aromatic N) is 2. The van der Waals surface area contributed by atoms with Crippen molar-refractivity contribution in [3.63, 3.8) is 0 Å². The molecule has 3 aromatic carbocycles. The molecule has 1 saturated heterocycles. The minimum Gasteiger partial charge on any atom is -0.497 e. The summed E-state index contributed by atoms with van der Waals surface area (Å²) in [6.07, 6.45) is 0.954. The number of methoxy groups -OCH3 is 1. The van der Waals surface area contributed by atoms with E-state index >= 15 is 0 Å². The highest BCUT2D eigenvalue weighted by Crippen LogP contribution is 2.43. The fraction of sp³-hybridized carbons (Fsp3) is 0.357. The number of fused-ring (bicyclic) bond motifs is 1. The van der Waals surface area contributed by atoms with Gasteiger partial charge in [0.05, 0.1) is 7.11 Å². The van der Waals surface area contributed by atoms with Crippen LogP contribution < -0.4 is 19.3 Å². The van der Waals surface area contributed by atoms with Crippen molar-refractivity contribution < 1.29 is 9.47 Å². The molecule has 0 bridgehead atoms. The second-order valence-electron chi connectivity index (χ2n) is 9.55. The van der Waals surface area contributed by atoms with Crippen molar-refractivity contribution in [1.29, 1.82) is 0 Å². The first-order valence-corrected chi connectivity index (χ1v) is 11.5. The van der Waals surface area contributed by atoms with Crippen LogP contribution in [0.1, 0.15) is 25.0 Å². The molecule has 0 saturated carbocycles. The van der Waals surface area contributed by atoms with E-state index < -0.39 is 0 Å². The zero-order chi connectivity index (χ0) is 22.3. The number of piperazine rings is 1. The molecule has 0 spiro atoms. The molecule has 2 aliphatic rings. The highest BCUT2D eigenvalue weighted by Gasteiger charge is 2.32. The summed E-state index contributed by atoms with van der Waals surface area (Å²) in [6.45, 7) is 10.5. The van der Waals surface area contributed by atoms with Gasteiger partial charge in [0.1, 0.15) is 17.1 Å². The SMILES string of the molecule is COc1ccc(N2CCN(c3cc4c(cc3-c3ccc(C)cc3)OC(C)(C)C4)CC2)cc1. The van der Waals surface area contributed by atoms with E-state index in [2.05, 4.69) is 79.1 Å². The third kappa shape index (κ3) is 4.02. The molecule has 0 radical (unpaired) electrons. The molecule has 2 aliphatic heterocycles. The number of rotatable bonds is 4. The quantitative estimate of drug-likeness (QED) is 0.531. The third-order valence-corrected chi connectivity index (χ3v) is 6.60. The molecule has 0 aliphatic carbocycles. The topological polar surface area (TPSA) is 24.9 Å². The molecule has 2 heterocycles. The number of hydrogen-bond donors (Lipinski definition) is 0. The fourth-order valence-corrected chi connectivity index (χ4v) is 4.86. The summed E-state index contributed by atoms with van der Waals surface area (Å²) in [4.78, 5) is 5.00. The molecule has 166 valence electrons. The van der Waals surface area contributed by atoms with Crippen LogP contribution in [0.2, 0.25) is 0 Å². The van der Waals surface area contributed by atoms with Crippen LogP contribution in [0.5, 0.6) is 11.5 Å². The first-order valence-electron chi connectivity index (χ1n) is 11.5. The first kappa shape index (κ1) is 20.7. The molecule has 0 amide bonds. The van der Waals surface area contributed by atoms with Crippen LogP contribution in [0.15, 0.2) is 60.7 Å². The predicted octanol–water partition coefficient (Wildman–Crippen LogP) is 5.71. The van der Waals surface area contributed by atoms with E-state index in [1.54, 1.807) is 7.11 Å². The van der Waals surface area contributed by atoms with Crippen molar-refractivity contribution >= 4 is 11.4 Å². The highest BCUT2D eigenvalue weighted by molar-refractivity contribution is 5.82. The number of benzene rings is 3. The molecule has 1 fully saturated rings. The van der Waals surface area contributed by atoms with Crippen LogP contribution in [0.3, 0.4) is 0 Å². The standard InChI is InChI=1S/C28H32N2O2/c1-20-5-7-21(8-6-20)25-18-27-22(19-28(2,3)32-27)17-26(25)30-15-13-29(14-16-30)23-9-11-24(31-4)12-10-23/h5-12,17-18H,13-16,19H2,1-4H3. The lowest BCUT2D eigenvalue weighted by Crippen LogP contribution is -2.46. The average Bonchev–Trinajstić information content (AvgIpc) is 3.12. The van der Waals surface area contributed by atoms with Gasteiger partial charge < -0.3 is 19.3 Å². The van der Waals surface area contributed by atoms with E-state index in [9.17, 15) is 0 Å². The minimum absolute atomic E-state index is 0.140. The van der Waals surface area contributed by atoms with Crippen LogP contribution in [0, 0.1) is 6.92 Å². The summed E-state index contributed by atoms with van der Waals surface area (Å²) in [6, 6.07) is 21.9. The Balaban J connectivity index is 1.43. The van der Waals surface area contributed by atoms with Crippen molar-refractivity contribution in [1.82, 2.24) is 0 Å². The molecule has 0 atom stereocenters. The van der Waals surface area contributed by atoms with Crippen LogP contribution in [0.25, 0.3) is 11.1 Å². The number of hydrogen-bond acceptors (Lipinski definition) is 4. The summed E-state index contributed by atoms with van der Waals surface area (Å²) >= 11 is 0. The molecule has 3 aromatic rings. The summed E-state index contributed by atoms with van der Waals surface area (Å²) in [5, 5.41) is 0. The van der Waals surface area contributed by atoms with Crippen LogP contribution in [-0.4, -0.2) is 38.9 Å². The normalized spacial score (nSPS) is 17.1. The van der Waals surface area contributed by atoms with Gasteiger partial charge in [-0.1, -0.05) is 29.8 Å². The summed E-state index contributed by atoms with van der Waals surface area (Å²) < 4.78 is 11.6. The second kappa shape index (κ2) is 8.09. The van der Waals surface area contributed by atoms with Gasteiger partial charge in [0.15, 0.2) is 0 Å². The van der Waals surface area contributed by atoms with E-state index in [-0.39, 0.29) is 5.60 Å². The van der Waals surface area contributed by atoms with Gasteiger partial charge >= 0.3 is 0 Å². The van der Waals surface area contributed by atoms with Crippen molar-refractivity contribution in [3.05, 3.63) is 71.8 Å². The maximum absolute atomic E-state index is 6.28. The van der Waals surface area contributed by atoms with E-state index in [0.29, 0.717) is 0 Å². The molecule has 4 heteroatoms. The summed E-state index contributed by atoms with van der Waals surface area (Å²) in [7, 11) is 1.71. The van der Waals surface area contributed by atoms with Gasteiger partial charge in [-0.2, -0.15) is 0 Å². The van der Waals surface area contributed by atoms with Crippen molar-refractivity contribution in [2.75, 3.05) is 43.1 Å². The van der Waals surface area contributed by atoms with Gasteiger partial charge in [-0.15, -0.1) is 0 Å². The van der Waals surface area contributed by atoms with Crippen molar-refractivity contribution in [2.45, 2.75) is 32.8 Å². The van der Waals surface area contributed by atoms with Crippen LogP contribution in [0.4, 0.5) is 11.4 Å². The first-order chi connectivity index (χ1) is 15.4. The van der Waals surface area contributed by atoms with Crippen molar-refractivity contribution in [2.24, 2.45) is 0 Å². The Morgan fingerprint density at radius 1 is 0.844 bits per heavy atom. The maximum atomic E-state index is 6.28. The molecular weight excluding hydrogens is 396 g/mol. The highest BCUT2D eigenvalue weighted by atomic mass is 16.5. The Labute approximate surface area is 191 Å².